The normalized spacial score (nSPS) is 10.9. The number of carbonyl (C=O) groups is 2. The van der Waals surface area contributed by atoms with Crippen molar-refractivity contribution in [1.82, 2.24) is 10.9 Å². The number of amides is 2. The summed E-state index contributed by atoms with van der Waals surface area (Å²) < 4.78 is 0. The van der Waals surface area contributed by atoms with E-state index in [9.17, 15) is 9.59 Å². The number of carbonyl (C=O) groups excluding carboxylic acids is 2. The van der Waals surface area contributed by atoms with E-state index in [2.05, 4.69) is 10.5 Å². The lowest BCUT2D eigenvalue weighted by Gasteiger charge is -2.02. The highest BCUT2D eigenvalue weighted by Crippen LogP contribution is 2.06. The molecule has 0 bridgehead atoms. The Labute approximate surface area is 149 Å². The van der Waals surface area contributed by atoms with Crippen LogP contribution in [0.1, 0.15) is 21.5 Å². The predicted octanol–water partition coefficient (Wildman–Crippen LogP) is -0.351. The molecule has 0 saturated heterocycles. The van der Waals surface area contributed by atoms with Crippen molar-refractivity contribution in [2.75, 3.05) is 0 Å². The topological polar surface area (TPSA) is 131 Å². The number of hydrogen-bond donors (Lipinski definition) is 5. The Bertz CT molecular complexity index is 835. The molecule has 0 radical (unpaired) electrons. The van der Waals surface area contributed by atoms with Crippen LogP contribution in [0.2, 0.25) is 0 Å². The van der Waals surface area contributed by atoms with Crippen molar-refractivity contribution in [3.05, 3.63) is 71.3 Å². The van der Waals surface area contributed by atoms with Crippen molar-refractivity contribution in [2.45, 2.75) is 0 Å². The first-order chi connectivity index (χ1) is 12.5. The highest BCUT2D eigenvalue weighted by atomic mass is 16.5. The first-order valence-corrected chi connectivity index (χ1v) is 7.51. The lowest BCUT2D eigenvalue weighted by Crippen LogP contribution is -2.29. The summed E-state index contributed by atoms with van der Waals surface area (Å²) in [6.07, 6.45) is 4.01. The van der Waals surface area contributed by atoms with E-state index in [0.29, 0.717) is 22.2 Å². The van der Waals surface area contributed by atoms with Gasteiger partial charge < -0.3 is 10.0 Å². The zero-order chi connectivity index (χ0) is 18.9. The smallest absolute Gasteiger partial charge is 0.423 e. The van der Waals surface area contributed by atoms with E-state index in [1.165, 1.54) is 23.8 Å². The third-order valence-corrected chi connectivity index (χ3v) is 3.30. The minimum Gasteiger partial charge on any atom is -0.423 e. The minimum absolute atomic E-state index is 0.318. The van der Waals surface area contributed by atoms with Crippen molar-refractivity contribution < 1.29 is 24.8 Å². The Hall–Kier alpha value is -3.27. The molecule has 2 aromatic carbocycles. The van der Waals surface area contributed by atoms with E-state index < -0.39 is 18.9 Å². The lowest BCUT2D eigenvalue weighted by atomic mass is 9.80. The zero-order valence-corrected chi connectivity index (χ0v) is 13.5. The molecule has 0 unspecified atom stereocenters. The molecule has 26 heavy (non-hydrogen) atoms. The van der Waals surface area contributed by atoms with Crippen LogP contribution in [-0.2, 0) is 4.79 Å². The van der Waals surface area contributed by atoms with Crippen LogP contribution in [0.5, 0.6) is 0 Å². The van der Waals surface area contributed by atoms with E-state index in [1.54, 1.807) is 42.5 Å². The van der Waals surface area contributed by atoms with E-state index >= 15 is 0 Å². The van der Waals surface area contributed by atoms with E-state index in [-0.39, 0.29) is 0 Å². The van der Waals surface area contributed by atoms with Gasteiger partial charge in [-0.2, -0.15) is 5.10 Å². The monoisotopic (exact) mass is 353 g/mol. The van der Waals surface area contributed by atoms with Gasteiger partial charge >= 0.3 is 7.12 Å². The molecular weight excluding hydrogens is 337 g/mol. The lowest BCUT2D eigenvalue weighted by molar-refractivity contribution is -0.124. The van der Waals surface area contributed by atoms with Gasteiger partial charge in [-0.15, -0.1) is 0 Å². The molecule has 2 aromatic rings. The number of rotatable bonds is 6. The fourth-order valence-corrected chi connectivity index (χ4v) is 1.98. The van der Waals surface area contributed by atoms with E-state index in [0.717, 1.165) is 6.08 Å². The number of nitrogens with zero attached hydrogens (tertiary/aromatic N) is 1. The molecular formula is C17H16BN3O5. The van der Waals surface area contributed by atoms with Crippen molar-refractivity contribution in [3.63, 3.8) is 0 Å². The second-order valence-electron chi connectivity index (χ2n) is 5.17. The molecule has 9 heteroatoms. The Morgan fingerprint density at radius 2 is 1.77 bits per heavy atom. The van der Waals surface area contributed by atoms with Crippen molar-refractivity contribution in [2.24, 2.45) is 5.10 Å². The third-order valence-electron chi connectivity index (χ3n) is 3.30. The number of hydrogen-bond acceptors (Lipinski definition) is 6. The van der Waals surface area contributed by atoms with Gasteiger partial charge in [-0.3, -0.25) is 14.8 Å². The maximum atomic E-state index is 12.0. The summed E-state index contributed by atoms with van der Waals surface area (Å²) in [5.41, 5.74) is 5.80. The van der Waals surface area contributed by atoms with Crippen LogP contribution in [0.25, 0.3) is 6.08 Å². The molecule has 0 aliphatic heterocycles. The summed E-state index contributed by atoms with van der Waals surface area (Å²) in [6, 6.07) is 12.8. The quantitative estimate of drug-likeness (QED) is 0.159. The Morgan fingerprint density at radius 1 is 1.04 bits per heavy atom. The molecule has 5 N–H and O–H groups in total. The van der Waals surface area contributed by atoms with Crippen LogP contribution < -0.4 is 16.4 Å². The maximum Gasteiger partial charge on any atom is 0.488 e. The average Bonchev–Trinajstić information content (AvgIpc) is 2.66. The van der Waals surface area contributed by atoms with Crippen LogP contribution in [0.3, 0.4) is 0 Å². The van der Waals surface area contributed by atoms with Gasteiger partial charge in [0.2, 0.25) is 0 Å². The van der Waals surface area contributed by atoms with Gasteiger partial charge in [-0.25, -0.2) is 10.9 Å². The molecule has 0 spiro atoms. The zero-order valence-electron chi connectivity index (χ0n) is 13.5. The number of hydroxylamine groups is 1. The molecule has 8 nitrogen and oxygen atoms in total. The molecule has 0 aromatic heterocycles. The average molecular weight is 353 g/mol. The fraction of sp³-hybridized carbons (Fsp3) is 0. The Kier molecular flexibility index (Phi) is 6.80. The number of benzene rings is 2. The molecule has 0 aliphatic carbocycles. The summed E-state index contributed by atoms with van der Waals surface area (Å²) in [6.45, 7) is 0. The van der Waals surface area contributed by atoms with Gasteiger partial charge in [0.25, 0.3) is 11.8 Å². The molecule has 132 valence electrons. The Balaban J connectivity index is 1.96. The largest absolute Gasteiger partial charge is 0.488 e. The van der Waals surface area contributed by atoms with Crippen molar-refractivity contribution >= 4 is 36.7 Å². The van der Waals surface area contributed by atoms with Crippen LogP contribution in [0, 0.1) is 0 Å². The van der Waals surface area contributed by atoms with E-state index in [4.69, 9.17) is 15.3 Å². The summed E-state index contributed by atoms with van der Waals surface area (Å²) in [5.74, 6) is -1.08. The molecule has 0 fully saturated rings. The van der Waals surface area contributed by atoms with Gasteiger partial charge in [-0.1, -0.05) is 36.4 Å². The molecule has 0 aliphatic rings. The van der Waals surface area contributed by atoms with Gasteiger partial charge in [-0.05, 0) is 34.8 Å². The summed E-state index contributed by atoms with van der Waals surface area (Å²) in [5, 5.41) is 30.5. The molecule has 2 rings (SSSR count). The molecule has 2 amide bonds. The first-order valence-electron chi connectivity index (χ1n) is 7.51. The van der Waals surface area contributed by atoms with Gasteiger partial charge in [0.05, 0.1) is 6.21 Å². The first kappa shape index (κ1) is 19.1. The summed E-state index contributed by atoms with van der Waals surface area (Å²) in [4.78, 5) is 22.9. The fourth-order valence-electron chi connectivity index (χ4n) is 1.98. The summed E-state index contributed by atoms with van der Waals surface area (Å²) >= 11 is 0. The third kappa shape index (κ3) is 5.67. The Morgan fingerprint density at radius 3 is 2.42 bits per heavy atom. The van der Waals surface area contributed by atoms with Crippen LogP contribution in [0.15, 0.2) is 59.7 Å². The van der Waals surface area contributed by atoms with Gasteiger partial charge in [0.1, 0.15) is 0 Å². The predicted molar refractivity (Wildman–Crippen MR) is 96.7 cm³/mol. The molecule has 0 heterocycles. The minimum atomic E-state index is -1.58. The molecule has 0 atom stereocenters. The number of hydrazone groups is 1. The highest BCUT2D eigenvalue weighted by molar-refractivity contribution is 6.58. The van der Waals surface area contributed by atoms with Gasteiger partial charge in [0.15, 0.2) is 0 Å². The van der Waals surface area contributed by atoms with Gasteiger partial charge in [0, 0.05) is 11.6 Å². The SMILES string of the molecule is O=C(C=Cc1ccc(C(=O)NN=Cc2cccc(B(O)O)c2)cc1)NO. The summed E-state index contributed by atoms with van der Waals surface area (Å²) in [7, 11) is -1.58. The van der Waals surface area contributed by atoms with Crippen molar-refractivity contribution in [3.8, 4) is 0 Å². The maximum absolute atomic E-state index is 12.0. The molecule has 0 saturated carbocycles. The highest BCUT2D eigenvalue weighted by Gasteiger charge is 2.10. The second kappa shape index (κ2) is 9.28. The van der Waals surface area contributed by atoms with Crippen molar-refractivity contribution in [1.29, 1.82) is 0 Å². The standard InChI is InChI=1S/C17H16BN3O5/c22-16(21-26)9-6-12-4-7-14(8-5-12)17(23)20-19-11-13-2-1-3-15(10-13)18(24)25/h1-11,24-26H,(H,20,23)(H,21,22). The van der Waals surface area contributed by atoms with E-state index in [1.807, 2.05) is 0 Å². The van der Waals surface area contributed by atoms with Crippen LogP contribution in [-0.4, -0.2) is 40.4 Å². The van der Waals surface area contributed by atoms with Crippen LogP contribution >= 0.6 is 0 Å². The second-order valence-corrected chi connectivity index (χ2v) is 5.17. The van der Waals surface area contributed by atoms with Crippen LogP contribution in [0.4, 0.5) is 0 Å². The number of nitrogens with one attached hydrogen (secondary N) is 2.